The SMILES string of the molecule is COc1cccc2c(-n3cnc(N)n3)nccc12. The van der Waals surface area contributed by atoms with Gasteiger partial charge in [0.05, 0.1) is 7.11 Å². The molecule has 0 aliphatic carbocycles. The van der Waals surface area contributed by atoms with Crippen molar-refractivity contribution in [1.29, 1.82) is 0 Å². The molecule has 6 nitrogen and oxygen atoms in total. The summed E-state index contributed by atoms with van der Waals surface area (Å²) in [6, 6.07) is 7.67. The quantitative estimate of drug-likeness (QED) is 0.733. The van der Waals surface area contributed by atoms with Crippen molar-refractivity contribution in [2.75, 3.05) is 12.8 Å². The number of rotatable bonds is 2. The highest BCUT2D eigenvalue weighted by atomic mass is 16.5. The minimum absolute atomic E-state index is 0.219. The predicted octanol–water partition coefficient (Wildman–Crippen LogP) is 1.41. The lowest BCUT2D eigenvalue weighted by Gasteiger charge is -2.08. The van der Waals surface area contributed by atoms with Crippen LogP contribution in [0.4, 0.5) is 5.95 Å². The Morgan fingerprint density at radius 1 is 1.17 bits per heavy atom. The number of ether oxygens (including phenoxy) is 1. The summed E-state index contributed by atoms with van der Waals surface area (Å²) < 4.78 is 6.88. The highest BCUT2D eigenvalue weighted by molar-refractivity contribution is 5.93. The standard InChI is InChI=1S/C12H11N5O/c1-18-10-4-2-3-9-8(10)5-6-14-11(9)17-7-15-12(13)16-17/h2-7H,1H3,(H2,13,16). The maximum absolute atomic E-state index is 5.52. The van der Waals surface area contributed by atoms with Gasteiger partial charge in [0.15, 0.2) is 5.82 Å². The van der Waals surface area contributed by atoms with E-state index in [-0.39, 0.29) is 5.95 Å². The van der Waals surface area contributed by atoms with Gasteiger partial charge in [-0.2, -0.15) is 4.68 Å². The van der Waals surface area contributed by atoms with Crippen LogP contribution in [0.2, 0.25) is 0 Å². The third kappa shape index (κ3) is 1.55. The molecule has 90 valence electrons. The molecule has 2 N–H and O–H groups in total. The molecule has 3 aromatic rings. The maximum Gasteiger partial charge on any atom is 0.239 e. The van der Waals surface area contributed by atoms with E-state index in [1.165, 1.54) is 6.33 Å². The summed E-state index contributed by atoms with van der Waals surface area (Å²) in [4.78, 5) is 8.22. The van der Waals surface area contributed by atoms with Gasteiger partial charge in [-0.1, -0.05) is 12.1 Å². The molecule has 18 heavy (non-hydrogen) atoms. The lowest BCUT2D eigenvalue weighted by Crippen LogP contribution is -2.00. The molecular weight excluding hydrogens is 230 g/mol. The van der Waals surface area contributed by atoms with Crippen LogP contribution < -0.4 is 10.5 Å². The Balaban J connectivity index is 2.30. The molecule has 1 aromatic carbocycles. The van der Waals surface area contributed by atoms with E-state index in [0.29, 0.717) is 5.82 Å². The fraction of sp³-hybridized carbons (Fsp3) is 0.0833. The number of hydrogen-bond acceptors (Lipinski definition) is 5. The zero-order valence-electron chi connectivity index (χ0n) is 9.74. The van der Waals surface area contributed by atoms with Crippen LogP contribution in [0.1, 0.15) is 0 Å². The molecule has 0 amide bonds. The van der Waals surface area contributed by atoms with E-state index >= 15 is 0 Å². The average Bonchev–Trinajstić information content (AvgIpc) is 2.84. The van der Waals surface area contributed by atoms with Crippen molar-refractivity contribution in [2.45, 2.75) is 0 Å². The molecule has 0 saturated heterocycles. The first-order valence-corrected chi connectivity index (χ1v) is 5.39. The van der Waals surface area contributed by atoms with E-state index in [0.717, 1.165) is 16.5 Å². The molecule has 0 fully saturated rings. The summed E-state index contributed by atoms with van der Waals surface area (Å²) in [5.74, 6) is 1.69. The minimum atomic E-state index is 0.219. The third-order valence-corrected chi connectivity index (χ3v) is 2.69. The van der Waals surface area contributed by atoms with Crippen LogP contribution in [-0.2, 0) is 0 Å². The number of nitrogens with zero attached hydrogens (tertiary/aromatic N) is 4. The third-order valence-electron chi connectivity index (χ3n) is 2.69. The Kier molecular flexibility index (Phi) is 2.33. The molecule has 0 saturated carbocycles. The molecule has 2 heterocycles. The van der Waals surface area contributed by atoms with Crippen molar-refractivity contribution in [1.82, 2.24) is 19.7 Å². The fourth-order valence-electron chi connectivity index (χ4n) is 1.90. The number of nitrogen functional groups attached to an aromatic ring is 1. The number of anilines is 1. The molecule has 0 aliphatic heterocycles. The highest BCUT2D eigenvalue weighted by Crippen LogP contribution is 2.27. The van der Waals surface area contributed by atoms with Crippen molar-refractivity contribution < 1.29 is 4.74 Å². The number of fused-ring (bicyclic) bond motifs is 1. The summed E-state index contributed by atoms with van der Waals surface area (Å²) in [5, 5.41) is 5.97. The number of methoxy groups -OCH3 is 1. The van der Waals surface area contributed by atoms with Gasteiger partial charge in [0.1, 0.15) is 12.1 Å². The summed E-state index contributed by atoms with van der Waals surface area (Å²) in [7, 11) is 1.64. The molecule has 0 bridgehead atoms. The Morgan fingerprint density at radius 2 is 2.06 bits per heavy atom. The minimum Gasteiger partial charge on any atom is -0.496 e. The first-order chi connectivity index (χ1) is 8.79. The normalized spacial score (nSPS) is 10.7. The van der Waals surface area contributed by atoms with Gasteiger partial charge in [-0.25, -0.2) is 9.97 Å². The second-order valence-corrected chi connectivity index (χ2v) is 3.74. The predicted molar refractivity (Wildman–Crippen MR) is 67.6 cm³/mol. The zero-order valence-corrected chi connectivity index (χ0v) is 9.74. The van der Waals surface area contributed by atoms with Crippen LogP contribution in [0, 0.1) is 0 Å². The van der Waals surface area contributed by atoms with Crippen molar-refractivity contribution in [2.24, 2.45) is 0 Å². The van der Waals surface area contributed by atoms with Gasteiger partial charge in [0.2, 0.25) is 5.95 Å². The molecule has 0 spiro atoms. The number of aromatic nitrogens is 4. The maximum atomic E-state index is 5.52. The Bertz CT molecular complexity index is 707. The second kappa shape index (κ2) is 3.99. The van der Waals surface area contributed by atoms with Gasteiger partial charge < -0.3 is 10.5 Å². The summed E-state index contributed by atoms with van der Waals surface area (Å²) in [6.07, 6.45) is 3.24. The van der Waals surface area contributed by atoms with E-state index in [1.54, 1.807) is 18.0 Å². The monoisotopic (exact) mass is 241 g/mol. The highest BCUT2D eigenvalue weighted by Gasteiger charge is 2.09. The molecule has 0 unspecified atom stereocenters. The molecular formula is C12H11N5O. The number of hydrogen-bond donors (Lipinski definition) is 1. The van der Waals surface area contributed by atoms with E-state index in [1.807, 2.05) is 24.3 Å². The summed E-state index contributed by atoms with van der Waals surface area (Å²) in [6.45, 7) is 0. The fourth-order valence-corrected chi connectivity index (χ4v) is 1.90. The van der Waals surface area contributed by atoms with Gasteiger partial charge in [0, 0.05) is 17.0 Å². The van der Waals surface area contributed by atoms with E-state index in [2.05, 4.69) is 15.1 Å². The van der Waals surface area contributed by atoms with Crippen molar-refractivity contribution in [3.63, 3.8) is 0 Å². The van der Waals surface area contributed by atoms with Crippen molar-refractivity contribution in [3.8, 4) is 11.6 Å². The molecule has 3 rings (SSSR count). The molecule has 6 heteroatoms. The van der Waals surface area contributed by atoms with Crippen LogP contribution in [0.3, 0.4) is 0 Å². The Morgan fingerprint density at radius 3 is 2.78 bits per heavy atom. The van der Waals surface area contributed by atoms with Crippen LogP contribution >= 0.6 is 0 Å². The lowest BCUT2D eigenvalue weighted by molar-refractivity contribution is 0.420. The summed E-state index contributed by atoms with van der Waals surface area (Å²) >= 11 is 0. The second-order valence-electron chi connectivity index (χ2n) is 3.74. The number of benzene rings is 1. The molecule has 0 atom stereocenters. The van der Waals surface area contributed by atoms with Gasteiger partial charge in [-0.15, -0.1) is 5.10 Å². The zero-order chi connectivity index (χ0) is 12.5. The molecule has 2 aromatic heterocycles. The number of nitrogens with two attached hydrogens (primary N) is 1. The van der Waals surface area contributed by atoms with Crippen LogP contribution in [-0.4, -0.2) is 26.9 Å². The smallest absolute Gasteiger partial charge is 0.239 e. The van der Waals surface area contributed by atoms with Crippen LogP contribution in [0.15, 0.2) is 36.8 Å². The first kappa shape index (κ1) is 10.5. The Hall–Kier alpha value is -2.63. The molecule has 0 radical (unpaired) electrons. The largest absolute Gasteiger partial charge is 0.496 e. The van der Waals surface area contributed by atoms with Crippen molar-refractivity contribution >= 4 is 16.7 Å². The molecule has 0 aliphatic rings. The van der Waals surface area contributed by atoms with Crippen LogP contribution in [0.5, 0.6) is 5.75 Å². The number of pyridine rings is 1. The lowest BCUT2D eigenvalue weighted by atomic mass is 10.1. The van der Waals surface area contributed by atoms with Gasteiger partial charge >= 0.3 is 0 Å². The van der Waals surface area contributed by atoms with Gasteiger partial charge in [0.25, 0.3) is 0 Å². The van der Waals surface area contributed by atoms with E-state index < -0.39 is 0 Å². The summed E-state index contributed by atoms with van der Waals surface area (Å²) in [5.41, 5.74) is 5.52. The van der Waals surface area contributed by atoms with E-state index in [4.69, 9.17) is 10.5 Å². The van der Waals surface area contributed by atoms with Crippen LogP contribution in [0.25, 0.3) is 16.6 Å². The average molecular weight is 241 g/mol. The topological polar surface area (TPSA) is 78.9 Å². The van der Waals surface area contributed by atoms with Crippen molar-refractivity contribution in [3.05, 3.63) is 36.8 Å². The van der Waals surface area contributed by atoms with Gasteiger partial charge in [-0.3, -0.25) is 0 Å². The Labute approximate surface area is 103 Å². The van der Waals surface area contributed by atoms with E-state index in [9.17, 15) is 0 Å². The van der Waals surface area contributed by atoms with Gasteiger partial charge in [-0.05, 0) is 12.1 Å². The first-order valence-electron chi connectivity index (χ1n) is 5.39.